The van der Waals surface area contributed by atoms with Crippen LogP contribution in [0.1, 0.15) is 100 Å². The molecule has 4 aliphatic rings. The zero-order valence-corrected chi connectivity index (χ0v) is 40.5. The van der Waals surface area contributed by atoms with Crippen molar-refractivity contribution in [1.82, 2.24) is 24.8 Å². The third-order valence-electron chi connectivity index (χ3n) is 13.5. The lowest BCUT2D eigenvalue weighted by atomic mass is 9.85. The third-order valence-corrected chi connectivity index (χ3v) is 15.7. The molecule has 1 saturated heterocycles. The highest BCUT2D eigenvalue weighted by molar-refractivity contribution is 7.91. The van der Waals surface area contributed by atoms with Gasteiger partial charge in [0.05, 0.1) is 31.6 Å². The zero-order valence-electron chi connectivity index (χ0n) is 39.7. The van der Waals surface area contributed by atoms with Gasteiger partial charge in [0, 0.05) is 34.2 Å². The average Bonchev–Trinajstić information content (AvgIpc) is 4.13. The van der Waals surface area contributed by atoms with Crippen molar-refractivity contribution in [2.45, 2.75) is 140 Å². The maximum Gasteiger partial charge on any atom is 0.408 e. The summed E-state index contributed by atoms with van der Waals surface area (Å²) >= 11 is 0. The van der Waals surface area contributed by atoms with Gasteiger partial charge in [-0.3, -0.25) is 24.0 Å². The fourth-order valence-electron chi connectivity index (χ4n) is 9.54. The number of pyridine rings is 1. The molecule has 2 aromatic carbocycles. The fraction of sp³-hybridized carbons (Fsp3) is 0.571. The van der Waals surface area contributed by atoms with Gasteiger partial charge in [-0.05, 0) is 134 Å². The second-order valence-electron chi connectivity index (χ2n) is 20.1. The predicted octanol–water partition coefficient (Wildman–Crippen LogP) is 7.09. The number of rotatable bonds is 11. The smallest absolute Gasteiger partial charge is 0.408 e. The number of carbonyl (C=O) groups is 4. The summed E-state index contributed by atoms with van der Waals surface area (Å²) in [7, 11) is -0.954. The van der Waals surface area contributed by atoms with Gasteiger partial charge in [0.15, 0.2) is 5.75 Å². The number of nitrogens with zero attached hydrogens (tertiary/aromatic N) is 3. The molecule has 16 nitrogen and oxygen atoms in total. The van der Waals surface area contributed by atoms with Crippen LogP contribution >= 0.6 is 0 Å². The number of benzene rings is 2. The number of sulfonamides is 1. The van der Waals surface area contributed by atoms with Crippen molar-refractivity contribution in [3.05, 3.63) is 54.6 Å². The van der Waals surface area contributed by atoms with Gasteiger partial charge < -0.3 is 34.3 Å². The second kappa shape index (κ2) is 18.2. The molecule has 7 rings (SSSR count). The van der Waals surface area contributed by atoms with E-state index in [2.05, 4.69) is 17.0 Å². The number of methoxy groups -OCH3 is 2. The number of hydrogen-bond donors (Lipinski definition) is 3. The highest BCUT2D eigenvalue weighted by atomic mass is 32.2. The Labute approximate surface area is 387 Å². The summed E-state index contributed by atoms with van der Waals surface area (Å²) in [4.78, 5) is 65.3. The Morgan fingerprint density at radius 1 is 1.00 bits per heavy atom. The molecule has 66 heavy (non-hydrogen) atoms. The SMILES string of the molecule is COc1ccc2c(O[C@@H]3C[C@H]4C(=O)N[C@]5(C(=O)NS(=O)(=O)C6(C)CC6)C[C@H]5/C=C\CC[C@@H](C)C[C@@H](C)[C@H](N(C(=O)O)C(C)(C)C)C(=O)N4C3)nc(-c3ccc(OC(C)C)cc3)c(OC)c2c1. The molecule has 0 spiro atoms. The highest BCUT2D eigenvalue weighted by Gasteiger charge is 2.63. The quantitative estimate of drug-likeness (QED) is 0.165. The van der Waals surface area contributed by atoms with Gasteiger partial charge in [-0.2, -0.15) is 0 Å². The number of ether oxygens (including phenoxy) is 4. The van der Waals surface area contributed by atoms with Crippen LogP contribution < -0.4 is 29.0 Å². The molecule has 17 heteroatoms. The number of carboxylic acid groups (broad SMARTS) is 1. The highest BCUT2D eigenvalue weighted by Crippen LogP contribution is 2.48. The molecule has 7 atom stereocenters. The first-order chi connectivity index (χ1) is 31.0. The summed E-state index contributed by atoms with van der Waals surface area (Å²) in [6, 6.07) is 10.3. The summed E-state index contributed by atoms with van der Waals surface area (Å²) in [6.45, 7) is 14.4. The minimum Gasteiger partial charge on any atom is -0.497 e. The van der Waals surface area contributed by atoms with E-state index >= 15 is 4.79 Å². The first-order valence-electron chi connectivity index (χ1n) is 22.9. The van der Waals surface area contributed by atoms with Crippen molar-refractivity contribution in [3.63, 3.8) is 0 Å². The minimum absolute atomic E-state index is 0.0359. The molecule has 2 aliphatic carbocycles. The van der Waals surface area contributed by atoms with E-state index in [1.54, 1.807) is 54.0 Å². The maximum atomic E-state index is 15.4. The van der Waals surface area contributed by atoms with Crippen molar-refractivity contribution in [2.24, 2.45) is 17.8 Å². The van der Waals surface area contributed by atoms with E-state index in [0.717, 1.165) is 0 Å². The fourth-order valence-corrected chi connectivity index (χ4v) is 10.9. The number of nitrogens with one attached hydrogen (secondary N) is 2. The Balaban J connectivity index is 1.32. The van der Waals surface area contributed by atoms with Crippen LogP contribution in [0.25, 0.3) is 22.0 Å². The predicted molar refractivity (Wildman–Crippen MR) is 249 cm³/mol. The van der Waals surface area contributed by atoms with Crippen LogP contribution in [0.2, 0.25) is 0 Å². The summed E-state index contributed by atoms with van der Waals surface area (Å²) < 4.78 is 52.3. The summed E-state index contributed by atoms with van der Waals surface area (Å²) in [5.41, 5.74) is -1.47. The Hall–Kier alpha value is -5.58. The van der Waals surface area contributed by atoms with Crippen LogP contribution in [-0.4, -0.2) is 113 Å². The van der Waals surface area contributed by atoms with Gasteiger partial charge in [0.2, 0.25) is 27.7 Å². The maximum absolute atomic E-state index is 15.4. The van der Waals surface area contributed by atoms with Gasteiger partial charge in [-0.15, -0.1) is 0 Å². The number of fused-ring (bicyclic) bond motifs is 3. The molecule has 4 amide bonds. The second-order valence-corrected chi connectivity index (χ2v) is 22.3. The van der Waals surface area contributed by atoms with E-state index in [0.29, 0.717) is 71.4 Å². The average molecular weight is 932 g/mol. The molecule has 1 aromatic heterocycles. The van der Waals surface area contributed by atoms with E-state index in [1.807, 2.05) is 63.3 Å². The molecule has 0 bridgehead atoms. The van der Waals surface area contributed by atoms with E-state index < -0.39 is 79.7 Å². The molecule has 3 aromatic rings. The van der Waals surface area contributed by atoms with Gasteiger partial charge in [-0.25, -0.2) is 18.2 Å². The van der Waals surface area contributed by atoms with Crippen molar-refractivity contribution < 1.29 is 51.6 Å². The lowest BCUT2D eigenvalue weighted by Crippen LogP contribution is -2.62. The normalized spacial score (nSPS) is 27.0. The molecule has 0 radical (unpaired) electrons. The van der Waals surface area contributed by atoms with Gasteiger partial charge >= 0.3 is 6.09 Å². The van der Waals surface area contributed by atoms with Crippen LogP contribution in [0.3, 0.4) is 0 Å². The Morgan fingerprint density at radius 2 is 1.68 bits per heavy atom. The number of allylic oxidation sites excluding steroid dienone is 1. The lowest BCUT2D eigenvalue weighted by molar-refractivity contribution is -0.146. The zero-order chi connectivity index (χ0) is 48.1. The Bertz CT molecular complexity index is 2500. The van der Waals surface area contributed by atoms with E-state index in [4.69, 9.17) is 23.9 Å². The van der Waals surface area contributed by atoms with Crippen molar-refractivity contribution in [1.29, 1.82) is 0 Å². The standard InChI is InChI=1S/C49H65N5O11S/c1-28(2)64-33-17-15-31(16-18-33)39-41(63-10)37-24-34(62-9)19-20-36(37)43(50-39)65-35-25-38-42(55)51-49(45(57)52-66(60,61)48(8)21-22-48)26-32(49)14-12-11-13-29(3)23-30(4)40(44(56)53(38)27-35)54(46(58)59)47(5,6)7/h12,14-20,24,28-30,32,35,38,40H,11,13,21-23,25-27H2,1-10H3,(H,51,55)(H,52,57)(H,58,59)/b14-12-/t29-,30-,32-,35-,38+,40+,49-/m1/s1. The van der Waals surface area contributed by atoms with Crippen LogP contribution in [0.15, 0.2) is 54.6 Å². The number of carbonyl (C=O) groups excluding carboxylic acids is 3. The molecule has 2 aliphatic heterocycles. The van der Waals surface area contributed by atoms with Crippen LogP contribution in [0.4, 0.5) is 4.79 Å². The van der Waals surface area contributed by atoms with Gasteiger partial charge in [-0.1, -0.05) is 26.0 Å². The number of aromatic nitrogens is 1. The lowest BCUT2D eigenvalue weighted by Gasteiger charge is -2.43. The summed E-state index contributed by atoms with van der Waals surface area (Å²) in [5.74, 6) is -1.14. The van der Waals surface area contributed by atoms with Crippen LogP contribution in [0, 0.1) is 17.8 Å². The largest absolute Gasteiger partial charge is 0.497 e. The minimum atomic E-state index is -4.06. The van der Waals surface area contributed by atoms with Gasteiger partial charge in [0.1, 0.15) is 40.9 Å². The topological polar surface area (TPSA) is 203 Å². The number of hydrogen-bond acceptors (Lipinski definition) is 11. The molecule has 358 valence electrons. The molecular weight excluding hydrogens is 867 g/mol. The number of amides is 4. The van der Waals surface area contributed by atoms with Crippen molar-refractivity contribution in [3.8, 4) is 34.4 Å². The van der Waals surface area contributed by atoms with E-state index in [1.165, 1.54) is 9.80 Å². The summed E-state index contributed by atoms with van der Waals surface area (Å²) in [5, 5.41) is 14.9. The third kappa shape index (κ3) is 9.63. The van der Waals surface area contributed by atoms with Crippen molar-refractivity contribution in [2.75, 3.05) is 20.8 Å². The van der Waals surface area contributed by atoms with Crippen molar-refractivity contribution >= 4 is 44.6 Å². The molecule has 3 N–H and O–H groups in total. The molecule has 0 unspecified atom stereocenters. The molecular formula is C49H65N5O11S. The first kappa shape index (κ1) is 48.4. The Kier molecular flexibility index (Phi) is 13.4. The van der Waals surface area contributed by atoms with Gasteiger partial charge in [0.25, 0.3) is 5.91 Å². The summed E-state index contributed by atoms with van der Waals surface area (Å²) in [6.07, 6.45) is 4.39. The van der Waals surface area contributed by atoms with Crippen LogP contribution in [-0.2, 0) is 24.4 Å². The molecule has 3 heterocycles. The van der Waals surface area contributed by atoms with Crippen LogP contribution in [0.5, 0.6) is 23.1 Å². The Morgan fingerprint density at radius 3 is 2.29 bits per heavy atom. The first-order valence-corrected chi connectivity index (χ1v) is 24.4. The van der Waals surface area contributed by atoms with E-state index in [-0.39, 0.29) is 37.3 Å². The van der Waals surface area contributed by atoms with E-state index in [9.17, 15) is 27.9 Å². The molecule has 2 saturated carbocycles. The monoisotopic (exact) mass is 931 g/mol. The molecule has 3 fully saturated rings.